The second kappa shape index (κ2) is 12.4. The lowest BCUT2D eigenvalue weighted by Crippen LogP contribution is -1.78. The zero-order valence-corrected chi connectivity index (χ0v) is 7.22. The van der Waals surface area contributed by atoms with Crippen molar-refractivity contribution >= 4 is 12.2 Å². The minimum atomic E-state index is 0.750. The fourth-order valence-corrected chi connectivity index (χ4v) is 1.13. The van der Waals surface area contributed by atoms with Gasteiger partial charge in [0.15, 0.2) is 0 Å². The lowest BCUT2D eigenvalue weighted by molar-refractivity contribution is 0.562. The third-order valence-electron chi connectivity index (χ3n) is 1.64. The number of nitrogens with one attached hydrogen (secondary N) is 2. The molecule has 0 spiro atoms. The van der Waals surface area contributed by atoms with Crippen molar-refractivity contribution in [2.24, 2.45) is 5.92 Å². The molecule has 68 valence electrons. The smallest absolute Gasteiger partial charge is 0.222 e. The zero-order valence-electron chi connectivity index (χ0n) is 7.22. The normalized spacial score (nSPS) is 14.1. The quantitative estimate of drug-likeness (QED) is 0.430. The molecule has 4 heteroatoms. The van der Waals surface area contributed by atoms with E-state index < -0.39 is 0 Å². The Morgan fingerprint density at radius 1 is 1.08 bits per heavy atom. The highest BCUT2D eigenvalue weighted by Crippen LogP contribution is 2.22. The summed E-state index contributed by atoms with van der Waals surface area (Å²) in [5.74, 6) is 1.05. The van der Waals surface area contributed by atoms with E-state index in [1.807, 2.05) is 0 Å². The van der Waals surface area contributed by atoms with Gasteiger partial charge in [-0.05, 0) is 5.92 Å². The lowest BCUT2D eigenvalue weighted by Gasteiger charge is -1.91. The van der Waals surface area contributed by atoms with Crippen LogP contribution >= 0.6 is 0 Å². The molecule has 0 radical (unpaired) electrons. The highest BCUT2D eigenvalue weighted by molar-refractivity contribution is 5.26. The second-order valence-electron chi connectivity index (χ2n) is 2.59. The second-order valence-corrected chi connectivity index (χ2v) is 2.59. The van der Waals surface area contributed by atoms with Gasteiger partial charge in [-0.15, -0.1) is 0 Å². The first-order valence-electron chi connectivity index (χ1n) is 3.80. The molecular formula is C8H14N2O2. The fraction of sp³-hybridized carbons (Fsp3) is 0.750. The molecule has 1 saturated carbocycles. The maximum Gasteiger partial charge on any atom is 0.231 e. The van der Waals surface area contributed by atoms with Crippen LogP contribution in [-0.4, -0.2) is 12.2 Å². The summed E-state index contributed by atoms with van der Waals surface area (Å²) < 4.78 is 0. The molecule has 1 rings (SSSR count). The fourth-order valence-electron chi connectivity index (χ4n) is 1.13. The summed E-state index contributed by atoms with van der Waals surface area (Å²) in [6.45, 7) is 2.34. The Morgan fingerprint density at radius 2 is 1.33 bits per heavy atom. The van der Waals surface area contributed by atoms with E-state index in [9.17, 15) is 0 Å². The summed E-state index contributed by atoms with van der Waals surface area (Å²) in [5.41, 5.74) is 0. The summed E-state index contributed by atoms with van der Waals surface area (Å²) in [4.78, 5) is 16.7. The molecule has 0 aromatic rings. The van der Waals surface area contributed by atoms with E-state index in [2.05, 4.69) is 6.92 Å². The van der Waals surface area contributed by atoms with E-state index in [0.29, 0.717) is 0 Å². The molecular weight excluding hydrogens is 156 g/mol. The molecule has 1 fully saturated rings. The Bertz CT molecular complexity index is 138. The van der Waals surface area contributed by atoms with Crippen LogP contribution in [0.3, 0.4) is 0 Å². The topological polar surface area (TPSA) is 81.8 Å². The van der Waals surface area contributed by atoms with Crippen LogP contribution in [0.4, 0.5) is 0 Å². The third kappa shape index (κ3) is 15.9. The molecule has 12 heavy (non-hydrogen) atoms. The number of rotatable bonds is 0. The first-order chi connectivity index (χ1) is 5.72. The van der Waals surface area contributed by atoms with Crippen LogP contribution in [0.15, 0.2) is 0 Å². The van der Waals surface area contributed by atoms with Crippen molar-refractivity contribution in [3.63, 3.8) is 0 Å². The third-order valence-corrected chi connectivity index (χ3v) is 1.64. The highest BCUT2D eigenvalue weighted by Gasteiger charge is 2.07. The first kappa shape index (κ1) is 13.4. The molecule has 0 atom stereocenters. The van der Waals surface area contributed by atoms with Gasteiger partial charge in [0.1, 0.15) is 0 Å². The van der Waals surface area contributed by atoms with Crippen molar-refractivity contribution in [1.82, 2.24) is 0 Å². The van der Waals surface area contributed by atoms with Gasteiger partial charge < -0.3 is 0 Å². The van der Waals surface area contributed by atoms with Crippen molar-refractivity contribution in [2.45, 2.75) is 32.6 Å². The van der Waals surface area contributed by atoms with Crippen molar-refractivity contribution in [3.8, 4) is 0 Å². The van der Waals surface area contributed by atoms with E-state index in [-0.39, 0.29) is 0 Å². The highest BCUT2D eigenvalue weighted by atomic mass is 16.1. The van der Waals surface area contributed by atoms with Crippen LogP contribution in [0.25, 0.3) is 0 Å². The predicted molar refractivity (Wildman–Crippen MR) is 44.5 cm³/mol. The number of carbonyl (C=O) groups excluding carboxylic acids is 2. The van der Waals surface area contributed by atoms with Gasteiger partial charge in [0.2, 0.25) is 12.2 Å². The van der Waals surface area contributed by atoms with Gasteiger partial charge in [0.05, 0.1) is 0 Å². The van der Waals surface area contributed by atoms with Crippen molar-refractivity contribution in [1.29, 1.82) is 10.8 Å². The predicted octanol–water partition coefficient (Wildman–Crippen LogP) is 2.00. The van der Waals surface area contributed by atoms with Crippen molar-refractivity contribution < 1.29 is 9.59 Å². The summed E-state index contributed by atoms with van der Waals surface area (Å²) >= 11 is 0. The van der Waals surface area contributed by atoms with Gasteiger partial charge in [0.25, 0.3) is 0 Å². The average molecular weight is 170 g/mol. The maximum atomic E-state index is 8.35. The Kier molecular flexibility index (Phi) is 13.8. The largest absolute Gasteiger partial charge is 0.231 e. The van der Waals surface area contributed by atoms with Gasteiger partial charge in [-0.1, -0.05) is 32.6 Å². The Hall–Kier alpha value is -1.24. The number of isocyanates is 2. The van der Waals surface area contributed by atoms with Gasteiger partial charge in [-0.2, -0.15) is 0 Å². The molecule has 0 amide bonds. The van der Waals surface area contributed by atoms with E-state index >= 15 is 0 Å². The van der Waals surface area contributed by atoms with Gasteiger partial charge >= 0.3 is 0 Å². The maximum absolute atomic E-state index is 8.35. The summed E-state index contributed by atoms with van der Waals surface area (Å²) in [6.07, 6.45) is 7.45. The monoisotopic (exact) mass is 170 g/mol. The number of hydrogen-bond acceptors (Lipinski definition) is 4. The molecule has 0 aliphatic heterocycles. The molecule has 1 aliphatic carbocycles. The van der Waals surface area contributed by atoms with Gasteiger partial charge in [-0.3, -0.25) is 0 Å². The molecule has 0 bridgehead atoms. The molecule has 4 nitrogen and oxygen atoms in total. The summed E-state index contributed by atoms with van der Waals surface area (Å²) in [6, 6.07) is 0. The van der Waals surface area contributed by atoms with Crippen LogP contribution in [0, 0.1) is 16.7 Å². The lowest BCUT2D eigenvalue weighted by atomic mass is 10.2. The molecule has 0 aromatic heterocycles. The van der Waals surface area contributed by atoms with E-state index in [1.165, 1.54) is 25.7 Å². The minimum Gasteiger partial charge on any atom is -0.222 e. The van der Waals surface area contributed by atoms with Gasteiger partial charge in [-0.25, -0.2) is 20.4 Å². The van der Waals surface area contributed by atoms with Crippen molar-refractivity contribution in [3.05, 3.63) is 0 Å². The van der Waals surface area contributed by atoms with Gasteiger partial charge in [0, 0.05) is 0 Å². The Balaban J connectivity index is 0. The first-order valence-corrected chi connectivity index (χ1v) is 3.80. The number of hydrogen-bond donors (Lipinski definition) is 2. The molecule has 0 unspecified atom stereocenters. The Labute approximate surface area is 72.0 Å². The summed E-state index contributed by atoms with van der Waals surface area (Å²) in [5, 5.41) is 10.8. The molecule has 0 aromatic carbocycles. The summed E-state index contributed by atoms with van der Waals surface area (Å²) in [7, 11) is 0. The van der Waals surface area contributed by atoms with Crippen LogP contribution in [0.5, 0.6) is 0 Å². The molecule has 2 N–H and O–H groups in total. The van der Waals surface area contributed by atoms with E-state index in [4.69, 9.17) is 20.4 Å². The van der Waals surface area contributed by atoms with E-state index in [1.54, 1.807) is 0 Å². The zero-order chi connectivity index (χ0) is 9.82. The van der Waals surface area contributed by atoms with Crippen LogP contribution in [-0.2, 0) is 9.59 Å². The molecule has 0 saturated heterocycles. The van der Waals surface area contributed by atoms with Crippen molar-refractivity contribution in [2.75, 3.05) is 0 Å². The van der Waals surface area contributed by atoms with E-state index in [0.717, 1.165) is 18.1 Å². The van der Waals surface area contributed by atoms with Crippen LogP contribution < -0.4 is 0 Å². The standard InChI is InChI=1S/C6H12.2CHNO/c1-6-4-2-3-5-6;2*2-1-3/h6H,2-5H2,1H3;2*2H. The SMILES string of the molecule is CC1CCCC1.N=C=O.N=C=O. The van der Waals surface area contributed by atoms with Crippen LogP contribution in [0.1, 0.15) is 32.6 Å². The van der Waals surface area contributed by atoms with Crippen LogP contribution in [0.2, 0.25) is 0 Å². The average Bonchev–Trinajstić information content (AvgIpc) is 2.43. The minimum absolute atomic E-state index is 0.750. The molecule has 0 heterocycles. The Morgan fingerprint density at radius 3 is 1.42 bits per heavy atom. The molecule has 1 aliphatic rings.